The molecule has 1 aliphatic carbocycles. The summed E-state index contributed by atoms with van der Waals surface area (Å²) in [4.78, 5) is 0. The summed E-state index contributed by atoms with van der Waals surface area (Å²) in [6.45, 7) is 0. The predicted octanol–water partition coefficient (Wildman–Crippen LogP) is 1.52. The van der Waals surface area contributed by atoms with E-state index in [0.717, 1.165) is 22.6 Å². The van der Waals surface area contributed by atoms with E-state index in [4.69, 9.17) is 11.6 Å². The lowest BCUT2D eigenvalue weighted by Crippen LogP contribution is -2.29. The van der Waals surface area contributed by atoms with E-state index >= 15 is 0 Å². The molecule has 0 radical (unpaired) electrons. The van der Waals surface area contributed by atoms with Gasteiger partial charge in [0.1, 0.15) is 0 Å². The van der Waals surface area contributed by atoms with Gasteiger partial charge in [-0.25, -0.2) is 0 Å². The number of likely N-dealkylation sites (N-methyl/N-ethyl adjacent to an activating group) is 1. The SMILES string of the molecule is CNC1Cc2c(Cl)cccc2C1O. The first-order valence-electron chi connectivity index (χ1n) is 4.36. The van der Waals surface area contributed by atoms with Crippen LogP contribution in [0, 0.1) is 0 Å². The highest BCUT2D eigenvalue weighted by Crippen LogP contribution is 2.35. The zero-order valence-corrected chi connectivity index (χ0v) is 8.17. The molecule has 2 rings (SSSR count). The number of benzene rings is 1. The van der Waals surface area contributed by atoms with Crippen molar-refractivity contribution in [3.8, 4) is 0 Å². The fraction of sp³-hybridized carbons (Fsp3) is 0.400. The molecule has 2 unspecified atom stereocenters. The van der Waals surface area contributed by atoms with Crippen molar-refractivity contribution in [3.05, 3.63) is 34.3 Å². The van der Waals surface area contributed by atoms with Crippen LogP contribution in [0.15, 0.2) is 18.2 Å². The third kappa shape index (κ3) is 1.35. The normalized spacial score (nSPS) is 26.1. The molecule has 0 amide bonds. The van der Waals surface area contributed by atoms with Crippen LogP contribution in [0.3, 0.4) is 0 Å². The monoisotopic (exact) mass is 197 g/mol. The van der Waals surface area contributed by atoms with Crippen LogP contribution >= 0.6 is 11.6 Å². The van der Waals surface area contributed by atoms with E-state index in [2.05, 4.69) is 5.32 Å². The second-order valence-electron chi connectivity index (χ2n) is 3.35. The molecule has 0 saturated carbocycles. The molecule has 0 aromatic heterocycles. The third-order valence-corrected chi connectivity index (χ3v) is 3.00. The summed E-state index contributed by atoms with van der Waals surface area (Å²) in [5.74, 6) is 0. The van der Waals surface area contributed by atoms with Gasteiger partial charge in [-0.3, -0.25) is 0 Å². The number of hydrogen-bond donors (Lipinski definition) is 2. The summed E-state index contributed by atoms with van der Waals surface area (Å²) < 4.78 is 0. The van der Waals surface area contributed by atoms with Gasteiger partial charge in [0.05, 0.1) is 6.10 Å². The number of aliphatic hydroxyl groups is 1. The molecule has 70 valence electrons. The van der Waals surface area contributed by atoms with Crippen LogP contribution in [0.5, 0.6) is 0 Å². The number of hydrogen-bond acceptors (Lipinski definition) is 2. The summed E-state index contributed by atoms with van der Waals surface area (Å²) in [6.07, 6.45) is 0.394. The molecule has 0 heterocycles. The summed E-state index contributed by atoms with van der Waals surface area (Å²) in [6, 6.07) is 5.78. The van der Waals surface area contributed by atoms with Gasteiger partial charge in [-0.05, 0) is 30.7 Å². The van der Waals surface area contributed by atoms with Crippen molar-refractivity contribution in [2.24, 2.45) is 0 Å². The predicted molar refractivity (Wildman–Crippen MR) is 53.0 cm³/mol. The molecule has 1 aromatic rings. The van der Waals surface area contributed by atoms with E-state index in [1.165, 1.54) is 0 Å². The Kier molecular flexibility index (Phi) is 2.28. The molecule has 2 N–H and O–H groups in total. The van der Waals surface area contributed by atoms with Gasteiger partial charge in [-0.2, -0.15) is 0 Å². The summed E-state index contributed by atoms with van der Waals surface area (Å²) in [5, 5.41) is 13.7. The van der Waals surface area contributed by atoms with Crippen LogP contribution in [0.1, 0.15) is 17.2 Å². The molecule has 0 saturated heterocycles. The topological polar surface area (TPSA) is 32.3 Å². The van der Waals surface area contributed by atoms with Crippen molar-refractivity contribution < 1.29 is 5.11 Å². The average molecular weight is 198 g/mol. The van der Waals surface area contributed by atoms with E-state index in [1.807, 2.05) is 25.2 Å². The van der Waals surface area contributed by atoms with Crippen molar-refractivity contribution in [3.63, 3.8) is 0 Å². The fourth-order valence-corrected chi connectivity index (χ4v) is 2.14. The standard InChI is InChI=1S/C10H12ClNO/c1-12-9-5-7-6(10(9)13)3-2-4-8(7)11/h2-4,9-10,12-13H,5H2,1H3. The molecular weight excluding hydrogens is 186 g/mol. The zero-order valence-electron chi connectivity index (χ0n) is 7.42. The Morgan fingerprint density at radius 2 is 2.31 bits per heavy atom. The largest absolute Gasteiger partial charge is 0.387 e. The van der Waals surface area contributed by atoms with Crippen molar-refractivity contribution in [2.75, 3.05) is 7.05 Å². The Morgan fingerprint density at radius 1 is 1.54 bits per heavy atom. The van der Waals surface area contributed by atoms with Crippen molar-refractivity contribution in [1.82, 2.24) is 5.32 Å². The summed E-state index contributed by atoms with van der Waals surface area (Å²) in [5.41, 5.74) is 2.04. The number of rotatable bonds is 1. The van der Waals surface area contributed by atoms with Gasteiger partial charge >= 0.3 is 0 Å². The number of fused-ring (bicyclic) bond motifs is 1. The number of aliphatic hydroxyl groups excluding tert-OH is 1. The molecule has 0 fully saturated rings. The van der Waals surface area contributed by atoms with Crippen LogP contribution in [0.2, 0.25) is 5.02 Å². The molecule has 0 spiro atoms. The maximum Gasteiger partial charge on any atom is 0.0949 e. The van der Waals surface area contributed by atoms with Crippen molar-refractivity contribution in [1.29, 1.82) is 0 Å². The van der Waals surface area contributed by atoms with Gasteiger partial charge in [0, 0.05) is 11.1 Å². The van der Waals surface area contributed by atoms with E-state index in [1.54, 1.807) is 0 Å². The highest BCUT2D eigenvalue weighted by molar-refractivity contribution is 6.31. The highest BCUT2D eigenvalue weighted by Gasteiger charge is 2.30. The molecule has 1 aliphatic rings. The first-order chi connectivity index (χ1) is 6.24. The van der Waals surface area contributed by atoms with E-state index in [0.29, 0.717) is 0 Å². The van der Waals surface area contributed by atoms with E-state index in [9.17, 15) is 5.11 Å². The third-order valence-electron chi connectivity index (χ3n) is 2.65. The van der Waals surface area contributed by atoms with Gasteiger partial charge in [0.2, 0.25) is 0 Å². The Labute approximate surface area is 82.5 Å². The van der Waals surface area contributed by atoms with Crippen molar-refractivity contribution in [2.45, 2.75) is 18.6 Å². The highest BCUT2D eigenvalue weighted by atomic mass is 35.5. The van der Waals surface area contributed by atoms with E-state index in [-0.39, 0.29) is 6.04 Å². The smallest absolute Gasteiger partial charge is 0.0949 e. The number of halogens is 1. The molecule has 13 heavy (non-hydrogen) atoms. The maximum atomic E-state index is 9.84. The molecule has 0 aliphatic heterocycles. The second-order valence-corrected chi connectivity index (χ2v) is 3.76. The van der Waals surface area contributed by atoms with Crippen LogP contribution in [0.25, 0.3) is 0 Å². The quantitative estimate of drug-likeness (QED) is 0.716. The van der Waals surface area contributed by atoms with Gasteiger partial charge in [-0.15, -0.1) is 0 Å². The fourth-order valence-electron chi connectivity index (χ4n) is 1.88. The average Bonchev–Trinajstić information content (AvgIpc) is 2.45. The van der Waals surface area contributed by atoms with Gasteiger partial charge in [-0.1, -0.05) is 23.7 Å². The molecule has 2 nitrogen and oxygen atoms in total. The minimum atomic E-state index is -0.418. The van der Waals surface area contributed by atoms with Crippen LogP contribution in [0.4, 0.5) is 0 Å². The minimum Gasteiger partial charge on any atom is -0.387 e. The molecule has 0 bridgehead atoms. The van der Waals surface area contributed by atoms with Crippen molar-refractivity contribution >= 4 is 11.6 Å². The molecule has 1 aromatic carbocycles. The lowest BCUT2D eigenvalue weighted by atomic mass is 10.1. The first-order valence-corrected chi connectivity index (χ1v) is 4.74. The van der Waals surface area contributed by atoms with Gasteiger partial charge < -0.3 is 10.4 Å². The Bertz CT molecular complexity index is 327. The van der Waals surface area contributed by atoms with Crippen LogP contribution < -0.4 is 5.32 Å². The Hall–Kier alpha value is -0.570. The molecule has 2 atom stereocenters. The summed E-state index contributed by atoms with van der Waals surface area (Å²) in [7, 11) is 1.85. The van der Waals surface area contributed by atoms with Gasteiger partial charge in [0.15, 0.2) is 0 Å². The van der Waals surface area contributed by atoms with Gasteiger partial charge in [0.25, 0.3) is 0 Å². The van der Waals surface area contributed by atoms with Crippen LogP contribution in [-0.4, -0.2) is 18.2 Å². The van der Waals surface area contributed by atoms with Crippen LogP contribution in [-0.2, 0) is 6.42 Å². The molecular formula is C10H12ClNO. The Morgan fingerprint density at radius 3 is 2.92 bits per heavy atom. The lowest BCUT2D eigenvalue weighted by molar-refractivity contribution is 0.146. The molecule has 3 heteroatoms. The maximum absolute atomic E-state index is 9.84. The second kappa shape index (κ2) is 3.29. The minimum absolute atomic E-state index is 0.106. The summed E-state index contributed by atoms with van der Waals surface area (Å²) >= 11 is 6.02. The lowest BCUT2D eigenvalue weighted by Gasteiger charge is -2.12. The Balaban J connectivity index is 2.43. The van der Waals surface area contributed by atoms with E-state index < -0.39 is 6.10 Å². The zero-order chi connectivity index (χ0) is 9.42. The first kappa shape index (κ1) is 9.00. The number of nitrogens with one attached hydrogen (secondary N) is 1.